The Morgan fingerprint density at radius 3 is 2.29 bits per heavy atom. The van der Waals surface area contributed by atoms with Crippen LogP contribution in [0.25, 0.3) is 5.32 Å². The van der Waals surface area contributed by atoms with Crippen LogP contribution in [0.1, 0.15) is 31.9 Å². The summed E-state index contributed by atoms with van der Waals surface area (Å²) in [5.41, 5.74) is 1.20. The summed E-state index contributed by atoms with van der Waals surface area (Å²) >= 11 is 0. The van der Waals surface area contributed by atoms with Crippen LogP contribution >= 0.6 is 0 Å². The first-order valence-corrected chi connectivity index (χ1v) is 6.23. The summed E-state index contributed by atoms with van der Waals surface area (Å²) in [5.74, 6) is 0.252. The molecule has 1 aromatic heterocycles. The first-order chi connectivity index (χ1) is 8.97. The SMILES string of the molecule is CC(C)(C)c1cnc([N-]Cc2ccccc2)[n-]c1=O.[Re].[Re]. The molecule has 0 saturated heterocycles. The maximum atomic E-state index is 11.9. The van der Waals surface area contributed by atoms with Gasteiger partial charge in [-0.25, -0.2) is 0 Å². The quantitative estimate of drug-likeness (QED) is 0.526. The molecule has 0 aliphatic heterocycles. The molecule has 114 valence electrons. The second-order valence-electron chi connectivity index (χ2n) is 5.44. The van der Waals surface area contributed by atoms with Crippen molar-refractivity contribution in [2.45, 2.75) is 32.7 Å². The zero-order valence-electron chi connectivity index (χ0n) is 12.2. The van der Waals surface area contributed by atoms with Crippen LogP contribution in [-0.4, -0.2) is 4.98 Å². The molecule has 0 aliphatic rings. The molecule has 2 radical (unpaired) electrons. The molecule has 0 unspecified atom stereocenters. The van der Waals surface area contributed by atoms with E-state index in [1.54, 1.807) is 6.20 Å². The van der Waals surface area contributed by atoms with Crippen molar-refractivity contribution in [1.82, 2.24) is 9.97 Å². The van der Waals surface area contributed by atoms with Crippen LogP contribution < -0.4 is 10.5 Å². The van der Waals surface area contributed by atoms with Gasteiger partial charge in [-0.1, -0.05) is 63.2 Å². The van der Waals surface area contributed by atoms with Crippen molar-refractivity contribution in [3.63, 3.8) is 0 Å². The normalized spacial score (nSPS) is 10.2. The van der Waals surface area contributed by atoms with Gasteiger partial charge in [-0.15, -0.1) is 6.20 Å². The predicted molar refractivity (Wildman–Crippen MR) is 75.7 cm³/mol. The predicted octanol–water partition coefficient (Wildman–Crippen LogP) is 2.90. The Morgan fingerprint density at radius 1 is 1.14 bits per heavy atom. The molecule has 0 fully saturated rings. The molecule has 0 bridgehead atoms. The van der Waals surface area contributed by atoms with Crippen LogP contribution in [-0.2, 0) is 52.8 Å². The number of nitrogens with zero attached hydrogens (tertiary/aromatic N) is 3. The fourth-order valence-corrected chi connectivity index (χ4v) is 1.69. The first-order valence-electron chi connectivity index (χ1n) is 6.23. The van der Waals surface area contributed by atoms with Gasteiger partial charge in [0.25, 0.3) is 0 Å². The number of aromatic nitrogens is 2. The fourth-order valence-electron chi connectivity index (χ4n) is 1.69. The van der Waals surface area contributed by atoms with Gasteiger partial charge >= 0.3 is 0 Å². The average Bonchev–Trinajstić information content (AvgIpc) is 2.36. The monoisotopic (exact) mass is 629 g/mol. The molecule has 0 N–H and O–H groups in total. The van der Waals surface area contributed by atoms with Gasteiger partial charge in [-0.3, -0.25) is 0 Å². The van der Waals surface area contributed by atoms with Crippen LogP contribution in [0.4, 0.5) is 5.95 Å². The van der Waals surface area contributed by atoms with Gasteiger partial charge in [-0.05, 0) is 11.0 Å². The third-order valence-electron chi connectivity index (χ3n) is 2.79. The molecule has 0 spiro atoms. The molecule has 2 rings (SSSR count). The average molecular weight is 628 g/mol. The second kappa shape index (κ2) is 8.61. The molecule has 2 aromatic rings. The molecule has 1 aromatic carbocycles. The van der Waals surface area contributed by atoms with E-state index in [0.717, 1.165) is 5.56 Å². The summed E-state index contributed by atoms with van der Waals surface area (Å²) in [6, 6.07) is 9.81. The van der Waals surface area contributed by atoms with Gasteiger partial charge in [0.05, 0.1) is 0 Å². The van der Waals surface area contributed by atoms with Crippen molar-refractivity contribution in [1.29, 1.82) is 0 Å². The van der Waals surface area contributed by atoms with Crippen LogP contribution in [0.5, 0.6) is 0 Å². The van der Waals surface area contributed by atoms with Crippen molar-refractivity contribution >= 4 is 5.95 Å². The number of rotatable bonds is 3. The standard InChI is InChI=1S/C15H18N3O.2Re/c1-15(2,3)12-10-17-14(18-13(12)19)16-9-11-7-5-4-6-8-11;;/h4-8,10H,9H2,1-3H3,(H-,16,17,18,19);;/q-1;;/p-1. The minimum atomic E-state index is -0.241. The zero-order valence-corrected chi connectivity index (χ0v) is 17.6. The fraction of sp³-hybridized carbons (Fsp3) is 0.333. The first kappa shape index (κ1) is 20.2. The molecule has 21 heavy (non-hydrogen) atoms. The van der Waals surface area contributed by atoms with Crippen molar-refractivity contribution < 1.29 is 40.8 Å². The van der Waals surface area contributed by atoms with Gasteiger partial charge in [0.2, 0.25) is 0 Å². The zero-order chi connectivity index (χ0) is 13.9. The third kappa shape index (κ3) is 5.85. The minimum absolute atomic E-state index is 0. The summed E-state index contributed by atoms with van der Waals surface area (Å²) in [6.07, 6.45) is 1.58. The topological polar surface area (TPSA) is 58.2 Å². The molecule has 0 amide bonds. The Hall–Kier alpha value is -0.775. The van der Waals surface area contributed by atoms with Crippen LogP contribution in [0.15, 0.2) is 41.3 Å². The molecular weight excluding hydrogens is 611 g/mol. The third-order valence-corrected chi connectivity index (χ3v) is 2.79. The van der Waals surface area contributed by atoms with E-state index in [4.69, 9.17) is 0 Å². The van der Waals surface area contributed by atoms with Crippen molar-refractivity contribution in [2.24, 2.45) is 0 Å². The second-order valence-corrected chi connectivity index (χ2v) is 5.44. The van der Waals surface area contributed by atoms with Gasteiger partial charge in [-0.2, -0.15) is 5.95 Å². The summed E-state index contributed by atoms with van der Waals surface area (Å²) in [4.78, 5) is 20.0. The van der Waals surface area contributed by atoms with Crippen molar-refractivity contribution in [2.75, 3.05) is 0 Å². The number of hydrogen-bond donors (Lipinski definition) is 0. The molecule has 0 atom stereocenters. The number of benzene rings is 1. The van der Waals surface area contributed by atoms with E-state index in [0.29, 0.717) is 12.1 Å². The van der Waals surface area contributed by atoms with Crippen LogP contribution in [0.2, 0.25) is 0 Å². The largest absolute Gasteiger partial charge is 0.548 e. The van der Waals surface area contributed by atoms with E-state index < -0.39 is 0 Å². The van der Waals surface area contributed by atoms with E-state index in [9.17, 15) is 4.79 Å². The molecule has 4 nitrogen and oxygen atoms in total. The summed E-state index contributed by atoms with van der Waals surface area (Å²) in [6.45, 7) is 6.38. The Labute approximate surface area is 152 Å². The summed E-state index contributed by atoms with van der Waals surface area (Å²) in [7, 11) is 0. The van der Waals surface area contributed by atoms with Gasteiger partial charge in [0.15, 0.2) is 0 Å². The maximum Gasteiger partial charge on any atom is 0.141 e. The maximum absolute atomic E-state index is 11.9. The van der Waals surface area contributed by atoms with E-state index >= 15 is 0 Å². The van der Waals surface area contributed by atoms with E-state index in [1.165, 1.54) is 0 Å². The van der Waals surface area contributed by atoms with E-state index in [1.807, 2.05) is 51.1 Å². The van der Waals surface area contributed by atoms with Gasteiger partial charge in [0, 0.05) is 40.8 Å². The van der Waals surface area contributed by atoms with Crippen molar-refractivity contribution in [3.8, 4) is 0 Å². The number of hydrogen-bond acceptors (Lipinski definition) is 2. The summed E-state index contributed by atoms with van der Waals surface area (Å²) in [5, 5.41) is 4.24. The molecular formula is C15H17N3ORe2-2. The molecule has 0 aliphatic carbocycles. The van der Waals surface area contributed by atoms with Crippen molar-refractivity contribution in [3.05, 3.63) is 63.3 Å². The molecule has 6 heteroatoms. The Kier molecular flexibility index (Phi) is 8.30. The van der Waals surface area contributed by atoms with E-state index in [2.05, 4.69) is 15.3 Å². The molecule has 0 saturated carbocycles. The van der Waals surface area contributed by atoms with Crippen LogP contribution in [0.3, 0.4) is 0 Å². The smallest absolute Gasteiger partial charge is 0.141 e. The minimum Gasteiger partial charge on any atom is -0.548 e. The Balaban J connectivity index is 0.00000200. The van der Waals surface area contributed by atoms with Crippen LogP contribution in [0, 0.1) is 0 Å². The van der Waals surface area contributed by atoms with Gasteiger partial charge in [0.1, 0.15) is 5.56 Å². The summed E-state index contributed by atoms with van der Waals surface area (Å²) < 4.78 is 0. The van der Waals surface area contributed by atoms with E-state index in [-0.39, 0.29) is 57.8 Å². The Morgan fingerprint density at radius 2 is 1.76 bits per heavy atom. The van der Waals surface area contributed by atoms with Gasteiger partial charge < -0.3 is 20.1 Å². The Bertz CT molecular complexity index is 606. The molecule has 1 heterocycles.